The van der Waals surface area contributed by atoms with Crippen molar-refractivity contribution < 1.29 is 9.53 Å². The number of benzene rings is 2. The number of nitrogens with zero attached hydrogens (tertiary/aromatic N) is 1. The number of ether oxygens (including phenoxy) is 1. The number of amides is 1. The monoisotopic (exact) mass is 503 g/mol. The summed E-state index contributed by atoms with van der Waals surface area (Å²) in [4.78, 5) is 14.9. The Kier molecular flexibility index (Phi) is 5.53. The van der Waals surface area contributed by atoms with Crippen LogP contribution in [0.3, 0.4) is 0 Å². The first-order chi connectivity index (χ1) is 11.1. The van der Waals surface area contributed by atoms with E-state index in [4.69, 9.17) is 4.74 Å². The molecule has 3 nitrogen and oxygen atoms in total. The van der Waals surface area contributed by atoms with Crippen LogP contribution in [0.25, 0.3) is 0 Å². The number of carbonyl (C=O) groups excluding carboxylic acids is 1. The molecule has 0 saturated carbocycles. The smallest absolute Gasteiger partial charge is 0.255 e. The molecule has 1 fully saturated rings. The van der Waals surface area contributed by atoms with E-state index in [0.29, 0.717) is 0 Å². The van der Waals surface area contributed by atoms with Gasteiger partial charge in [0, 0.05) is 31.5 Å². The van der Waals surface area contributed by atoms with Crippen molar-refractivity contribution in [2.24, 2.45) is 0 Å². The second-order valence-electron chi connectivity index (χ2n) is 5.12. The van der Waals surface area contributed by atoms with Gasteiger partial charge in [-0.25, -0.2) is 0 Å². The van der Waals surface area contributed by atoms with Gasteiger partial charge >= 0.3 is 0 Å². The fraction of sp³-hybridized carbons (Fsp3) is 0.235. The number of carbonyl (C=O) groups is 1. The van der Waals surface area contributed by atoms with Crippen LogP contribution in [0.15, 0.2) is 46.9 Å². The van der Waals surface area contributed by atoms with Crippen LogP contribution in [0, 0.1) is 3.57 Å². The molecule has 0 spiro atoms. The molecule has 1 saturated heterocycles. The Hall–Kier alpha value is -0.730. The Morgan fingerprint density at radius 2 is 2.17 bits per heavy atom. The molecule has 0 radical (unpaired) electrons. The van der Waals surface area contributed by atoms with Crippen LogP contribution in [0.2, 0.25) is 0 Å². The summed E-state index contributed by atoms with van der Waals surface area (Å²) < 4.78 is 7.55. The fourth-order valence-electron chi connectivity index (χ4n) is 2.62. The summed E-state index contributed by atoms with van der Waals surface area (Å²) in [6, 6.07) is 13.7. The second kappa shape index (κ2) is 7.44. The average molecular weight is 504 g/mol. The minimum atomic E-state index is -0.0205. The predicted molar refractivity (Wildman–Crippen MR) is 106 cm³/mol. The van der Waals surface area contributed by atoms with Gasteiger partial charge in [-0.2, -0.15) is 0 Å². The first-order valence-corrected chi connectivity index (χ1v) is 10.0. The van der Waals surface area contributed by atoms with Gasteiger partial charge in [-0.3, -0.25) is 4.79 Å². The van der Waals surface area contributed by atoms with Crippen molar-refractivity contribution in [3.8, 4) is 5.75 Å². The van der Waals surface area contributed by atoms with Crippen molar-refractivity contribution in [3.63, 3.8) is 0 Å². The molecule has 1 unspecified atom stereocenters. The lowest BCUT2D eigenvalue weighted by molar-refractivity contribution is 0.0759. The molecule has 3 rings (SSSR count). The number of halogens is 2. The molecule has 120 valence electrons. The van der Waals surface area contributed by atoms with Crippen molar-refractivity contribution >= 4 is 56.2 Å². The molecule has 1 atom stereocenters. The first-order valence-electron chi connectivity index (χ1n) is 7.11. The summed E-state index contributed by atoms with van der Waals surface area (Å²) in [6.45, 7) is 0.745. The average Bonchev–Trinajstić information content (AvgIpc) is 3.03. The number of hydrogen-bond acceptors (Lipinski definition) is 3. The van der Waals surface area contributed by atoms with Crippen molar-refractivity contribution in [3.05, 3.63) is 61.6 Å². The van der Waals surface area contributed by atoms with E-state index >= 15 is 0 Å². The van der Waals surface area contributed by atoms with Gasteiger partial charge in [-0.05, 0) is 59.0 Å². The summed E-state index contributed by atoms with van der Waals surface area (Å²) in [5, 5.41) is -0.0205. The molecule has 0 aliphatic carbocycles. The molecule has 1 aliphatic heterocycles. The molecule has 2 aromatic carbocycles. The highest BCUT2D eigenvalue weighted by atomic mass is 127. The van der Waals surface area contributed by atoms with Gasteiger partial charge in [0.2, 0.25) is 0 Å². The van der Waals surface area contributed by atoms with Crippen molar-refractivity contribution in [1.82, 2.24) is 4.90 Å². The van der Waals surface area contributed by atoms with Crippen LogP contribution in [0.5, 0.6) is 5.75 Å². The Bertz CT molecular complexity index is 740. The zero-order chi connectivity index (χ0) is 16.4. The normalized spacial score (nSPS) is 17.3. The fourth-order valence-corrected chi connectivity index (χ4v) is 4.81. The Labute approximate surface area is 162 Å². The summed E-state index contributed by atoms with van der Waals surface area (Å²) in [5.74, 6) is 1.81. The lowest BCUT2D eigenvalue weighted by Gasteiger charge is -2.25. The first kappa shape index (κ1) is 17.1. The van der Waals surface area contributed by atoms with Crippen LogP contribution in [0.4, 0.5) is 0 Å². The standard InChI is InChI=1S/C17H15BrINO2S/c1-22-15-6-5-12(18)10-14(15)17-20(7-8-23-17)16(21)11-3-2-4-13(19)9-11/h2-6,9-10,17H,7-8H2,1H3. The van der Waals surface area contributed by atoms with E-state index in [1.54, 1.807) is 18.9 Å². The highest BCUT2D eigenvalue weighted by Crippen LogP contribution is 2.43. The second-order valence-corrected chi connectivity index (χ2v) is 8.47. The summed E-state index contributed by atoms with van der Waals surface area (Å²) >= 11 is 7.52. The van der Waals surface area contributed by atoms with Crippen LogP contribution in [-0.2, 0) is 0 Å². The van der Waals surface area contributed by atoms with E-state index < -0.39 is 0 Å². The van der Waals surface area contributed by atoms with E-state index in [0.717, 1.165) is 37.2 Å². The van der Waals surface area contributed by atoms with Gasteiger partial charge in [-0.1, -0.05) is 22.0 Å². The molecule has 1 heterocycles. The van der Waals surface area contributed by atoms with Crippen LogP contribution >= 0.6 is 50.3 Å². The quantitative estimate of drug-likeness (QED) is 0.555. The summed E-state index contributed by atoms with van der Waals surface area (Å²) in [5.41, 5.74) is 1.77. The van der Waals surface area contributed by atoms with Crippen molar-refractivity contribution in [1.29, 1.82) is 0 Å². The Morgan fingerprint density at radius 1 is 1.35 bits per heavy atom. The lowest BCUT2D eigenvalue weighted by atomic mass is 10.1. The highest BCUT2D eigenvalue weighted by molar-refractivity contribution is 14.1. The number of thioether (sulfide) groups is 1. The van der Waals surface area contributed by atoms with E-state index in [9.17, 15) is 4.79 Å². The number of methoxy groups -OCH3 is 1. The number of rotatable bonds is 3. The van der Waals surface area contributed by atoms with Gasteiger partial charge in [0.25, 0.3) is 5.91 Å². The Morgan fingerprint density at radius 3 is 2.91 bits per heavy atom. The summed E-state index contributed by atoms with van der Waals surface area (Å²) in [7, 11) is 1.66. The summed E-state index contributed by atoms with van der Waals surface area (Å²) in [6.07, 6.45) is 0. The van der Waals surface area contributed by atoms with Gasteiger partial charge in [-0.15, -0.1) is 11.8 Å². The molecule has 6 heteroatoms. The van der Waals surface area contributed by atoms with Gasteiger partial charge in [0.05, 0.1) is 7.11 Å². The van der Waals surface area contributed by atoms with Crippen LogP contribution in [0.1, 0.15) is 21.3 Å². The molecule has 0 bridgehead atoms. The molecule has 1 aliphatic rings. The van der Waals surface area contributed by atoms with Gasteiger partial charge in [0.15, 0.2) is 0 Å². The topological polar surface area (TPSA) is 29.5 Å². The molecular weight excluding hydrogens is 489 g/mol. The Balaban J connectivity index is 1.94. The van der Waals surface area contributed by atoms with E-state index in [1.165, 1.54) is 0 Å². The molecule has 0 aromatic heterocycles. The van der Waals surface area contributed by atoms with E-state index in [2.05, 4.69) is 38.5 Å². The minimum absolute atomic E-state index is 0.0205. The maximum Gasteiger partial charge on any atom is 0.255 e. The van der Waals surface area contributed by atoms with Crippen LogP contribution in [-0.4, -0.2) is 30.2 Å². The highest BCUT2D eigenvalue weighted by Gasteiger charge is 2.33. The van der Waals surface area contributed by atoms with Crippen molar-refractivity contribution in [2.45, 2.75) is 5.37 Å². The third kappa shape index (κ3) is 3.69. The van der Waals surface area contributed by atoms with E-state index in [-0.39, 0.29) is 11.3 Å². The largest absolute Gasteiger partial charge is 0.496 e. The van der Waals surface area contributed by atoms with Crippen molar-refractivity contribution in [2.75, 3.05) is 19.4 Å². The SMILES string of the molecule is COc1ccc(Br)cc1C1SCCN1C(=O)c1cccc(I)c1. The zero-order valence-corrected chi connectivity index (χ0v) is 17.0. The maximum atomic E-state index is 12.9. The third-order valence-electron chi connectivity index (χ3n) is 3.68. The molecular formula is C17H15BrINO2S. The van der Waals surface area contributed by atoms with Crippen LogP contribution < -0.4 is 4.74 Å². The van der Waals surface area contributed by atoms with Gasteiger partial charge < -0.3 is 9.64 Å². The zero-order valence-electron chi connectivity index (χ0n) is 12.5. The maximum absolute atomic E-state index is 12.9. The minimum Gasteiger partial charge on any atom is -0.496 e. The number of hydrogen-bond donors (Lipinski definition) is 0. The molecule has 2 aromatic rings. The predicted octanol–water partition coefficient (Wildman–Crippen LogP) is 4.95. The lowest BCUT2D eigenvalue weighted by Crippen LogP contribution is -2.30. The molecule has 1 amide bonds. The van der Waals surface area contributed by atoms with E-state index in [1.807, 2.05) is 47.4 Å². The van der Waals surface area contributed by atoms with Gasteiger partial charge in [0.1, 0.15) is 11.1 Å². The third-order valence-corrected chi connectivity index (χ3v) is 6.09. The molecule has 0 N–H and O–H groups in total. The molecule has 23 heavy (non-hydrogen) atoms.